The van der Waals surface area contributed by atoms with E-state index in [-0.39, 0.29) is 11.9 Å². The SMILES string of the molecule is Cc1cccc(NC(=O)CSCc2nc(N)nc(Nc3ccccc3)n2)c1C. The van der Waals surface area contributed by atoms with Gasteiger partial charge in [0.2, 0.25) is 17.8 Å². The first-order valence-electron chi connectivity index (χ1n) is 8.77. The number of amides is 1. The highest BCUT2D eigenvalue weighted by molar-refractivity contribution is 7.99. The fourth-order valence-electron chi connectivity index (χ4n) is 2.52. The minimum absolute atomic E-state index is 0.0663. The van der Waals surface area contributed by atoms with Gasteiger partial charge in [-0.15, -0.1) is 11.8 Å². The zero-order valence-electron chi connectivity index (χ0n) is 15.8. The Kier molecular flexibility index (Phi) is 6.44. The molecule has 2 aromatic carbocycles. The molecule has 144 valence electrons. The summed E-state index contributed by atoms with van der Waals surface area (Å²) in [6, 6.07) is 15.4. The van der Waals surface area contributed by atoms with Gasteiger partial charge >= 0.3 is 0 Å². The van der Waals surface area contributed by atoms with Gasteiger partial charge in [-0.1, -0.05) is 30.3 Å². The highest BCUT2D eigenvalue weighted by atomic mass is 32.2. The maximum atomic E-state index is 12.2. The van der Waals surface area contributed by atoms with Crippen molar-refractivity contribution in [3.8, 4) is 0 Å². The van der Waals surface area contributed by atoms with E-state index in [9.17, 15) is 4.79 Å². The maximum Gasteiger partial charge on any atom is 0.234 e. The van der Waals surface area contributed by atoms with Crippen LogP contribution in [0.25, 0.3) is 0 Å². The molecule has 0 unspecified atom stereocenters. The summed E-state index contributed by atoms with van der Waals surface area (Å²) in [6.07, 6.45) is 0. The zero-order chi connectivity index (χ0) is 19.9. The molecule has 4 N–H and O–H groups in total. The molecule has 0 saturated carbocycles. The highest BCUT2D eigenvalue weighted by Crippen LogP contribution is 2.19. The third kappa shape index (κ3) is 5.43. The molecule has 0 bridgehead atoms. The molecule has 0 spiro atoms. The predicted octanol–water partition coefficient (Wildman–Crippen LogP) is 3.69. The summed E-state index contributed by atoms with van der Waals surface area (Å²) in [7, 11) is 0. The Balaban J connectivity index is 1.55. The van der Waals surface area contributed by atoms with E-state index in [1.165, 1.54) is 11.8 Å². The van der Waals surface area contributed by atoms with Gasteiger partial charge in [0.15, 0.2) is 0 Å². The number of nitrogens with zero attached hydrogens (tertiary/aromatic N) is 3. The third-order valence-corrected chi connectivity index (χ3v) is 5.00. The van der Waals surface area contributed by atoms with Crippen molar-refractivity contribution in [3.05, 3.63) is 65.5 Å². The van der Waals surface area contributed by atoms with E-state index in [4.69, 9.17) is 5.73 Å². The normalized spacial score (nSPS) is 10.5. The number of benzene rings is 2. The van der Waals surface area contributed by atoms with Gasteiger partial charge in [0.05, 0.1) is 11.5 Å². The molecule has 0 atom stereocenters. The van der Waals surface area contributed by atoms with Gasteiger partial charge in [0.25, 0.3) is 0 Å². The molecule has 8 heteroatoms. The Morgan fingerprint density at radius 1 is 1.04 bits per heavy atom. The molecular formula is C20H22N6OS. The summed E-state index contributed by atoms with van der Waals surface area (Å²) in [5, 5.41) is 6.04. The van der Waals surface area contributed by atoms with Crippen LogP contribution in [0, 0.1) is 13.8 Å². The van der Waals surface area contributed by atoms with Crippen LogP contribution in [0.4, 0.5) is 23.3 Å². The van der Waals surface area contributed by atoms with Crippen LogP contribution in [0.5, 0.6) is 0 Å². The number of thioether (sulfide) groups is 1. The standard InChI is InChI=1S/C20H22N6OS/c1-13-7-6-10-16(14(13)2)23-18(27)12-28-11-17-24-19(21)26-20(25-17)22-15-8-4-3-5-9-15/h3-10H,11-12H2,1-2H3,(H,23,27)(H3,21,22,24,25,26). The molecule has 28 heavy (non-hydrogen) atoms. The van der Waals surface area contributed by atoms with Crippen LogP contribution in [0.1, 0.15) is 17.0 Å². The summed E-state index contributed by atoms with van der Waals surface area (Å²) in [4.78, 5) is 24.8. The van der Waals surface area contributed by atoms with Gasteiger partial charge in [0.1, 0.15) is 5.82 Å². The van der Waals surface area contributed by atoms with Crippen LogP contribution in [0.3, 0.4) is 0 Å². The van der Waals surface area contributed by atoms with Gasteiger partial charge in [-0.2, -0.15) is 15.0 Å². The van der Waals surface area contributed by atoms with Gasteiger partial charge < -0.3 is 16.4 Å². The Labute approximate surface area is 168 Å². The van der Waals surface area contributed by atoms with Gasteiger partial charge in [0, 0.05) is 11.4 Å². The molecule has 3 aromatic rings. The van der Waals surface area contributed by atoms with E-state index in [2.05, 4.69) is 25.6 Å². The number of rotatable bonds is 7. The number of anilines is 4. The molecule has 1 heterocycles. The minimum Gasteiger partial charge on any atom is -0.368 e. The van der Waals surface area contributed by atoms with Crippen LogP contribution < -0.4 is 16.4 Å². The van der Waals surface area contributed by atoms with E-state index in [1.54, 1.807) is 0 Å². The lowest BCUT2D eigenvalue weighted by Crippen LogP contribution is -2.15. The summed E-state index contributed by atoms with van der Waals surface area (Å²) < 4.78 is 0. The number of nitrogens with two attached hydrogens (primary N) is 1. The van der Waals surface area contributed by atoms with Crippen LogP contribution in [-0.4, -0.2) is 26.6 Å². The molecule has 3 rings (SSSR count). The van der Waals surface area contributed by atoms with E-state index >= 15 is 0 Å². The largest absolute Gasteiger partial charge is 0.368 e. The second-order valence-electron chi connectivity index (χ2n) is 6.21. The maximum absolute atomic E-state index is 12.2. The number of hydrogen-bond donors (Lipinski definition) is 3. The third-order valence-electron chi connectivity index (χ3n) is 4.07. The number of nitrogens with one attached hydrogen (secondary N) is 2. The van der Waals surface area contributed by atoms with Gasteiger partial charge in [-0.3, -0.25) is 4.79 Å². The van der Waals surface area contributed by atoms with E-state index in [0.29, 0.717) is 23.3 Å². The number of carbonyl (C=O) groups is 1. The first-order valence-corrected chi connectivity index (χ1v) is 9.93. The summed E-state index contributed by atoms with van der Waals surface area (Å²) >= 11 is 1.42. The second kappa shape index (κ2) is 9.18. The van der Waals surface area contributed by atoms with Crippen LogP contribution in [-0.2, 0) is 10.5 Å². The van der Waals surface area contributed by atoms with E-state index in [0.717, 1.165) is 22.5 Å². The van der Waals surface area contributed by atoms with Crippen LogP contribution in [0.2, 0.25) is 0 Å². The fourth-order valence-corrected chi connectivity index (χ4v) is 3.19. The molecule has 1 aromatic heterocycles. The highest BCUT2D eigenvalue weighted by Gasteiger charge is 2.09. The first kappa shape index (κ1) is 19.6. The molecule has 1 amide bonds. The van der Waals surface area contributed by atoms with E-state index in [1.807, 2.05) is 62.4 Å². The first-order chi connectivity index (χ1) is 13.5. The lowest BCUT2D eigenvalue weighted by atomic mass is 10.1. The Hall–Kier alpha value is -3.13. The summed E-state index contributed by atoms with van der Waals surface area (Å²) in [5.41, 5.74) is 9.70. The number of nitrogen functional groups attached to an aromatic ring is 1. The molecule has 0 aliphatic rings. The summed E-state index contributed by atoms with van der Waals surface area (Å²) in [5.74, 6) is 1.73. The predicted molar refractivity (Wildman–Crippen MR) is 115 cm³/mol. The quantitative estimate of drug-likeness (QED) is 0.561. The van der Waals surface area contributed by atoms with Crippen LogP contribution >= 0.6 is 11.8 Å². The van der Waals surface area contributed by atoms with Crippen molar-refractivity contribution >= 4 is 40.9 Å². The monoisotopic (exact) mass is 394 g/mol. The summed E-state index contributed by atoms with van der Waals surface area (Å²) in [6.45, 7) is 4.01. The fraction of sp³-hybridized carbons (Fsp3) is 0.200. The van der Waals surface area contributed by atoms with Crippen molar-refractivity contribution in [2.45, 2.75) is 19.6 Å². The lowest BCUT2D eigenvalue weighted by Gasteiger charge is -2.10. The lowest BCUT2D eigenvalue weighted by molar-refractivity contribution is -0.113. The number of aromatic nitrogens is 3. The van der Waals surface area contributed by atoms with Gasteiger partial charge in [-0.05, 0) is 43.2 Å². The number of aryl methyl sites for hydroxylation is 1. The van der Waals surface area contributed by atoms with Crippen molar-refractivity contribution in [1.82, 2.24) is 15.0 Å². The zero-order valence-corrected chi connectivity index (χ0v) is 16.6. The topological polar surface area (TPSA) is 106 Å². The number of carbonyl (C=O) groups excluding carboxylic acids is 1. The van der Waals surface area contributed by atoms with Crippen molar-refractivity contribution in [3.63, 3.8) is 0 Å². The number of hydrogen-bond acceptors (Lipinski definition) is 7. The average molecular weight is 395 g/mol. The van der Waals surface area contributed by atoms with E-state index < -0.39 is 0 Å². The van der Waals surface area contributed by atoms with Crippen molar-refractivity contribution in [2.24, 2.45) is 0 Å². The van der Waals surface area contributed by atoms with Crippen molar-refractivity contribution < 1.29 is 4.79 Å². The Morgan fingerprint density at radius 2 is 1.82 bits per heavy atom. The van der Waals surface area contributed by atoms with Crippen molar-refractivity contribution in [1.29, 1.82) is 0 Å². The Bertz CT molecular complexity index is 964. The second-order valence-corrected chi connectivity index (χ2v) is 7.20. The van der Waals surface area contributed by atoms with Crippen molar-refractivity contribution in [2.75, 3.05) is 22.1 Å². The molecule has 7 nitrogen and oxygen atoms in total. The molecule has 0 aliphatic carbocycles. The molecule has 0 aliphatic heterocycles. The smallest absolute Gasteiger partial charge is 0.234 e. The molecule has 0 fully saturated rings. The molecule has 0 radical (unpaired) electrons. The average Bonchev–Trinajstić information content (AvgIpc) is 2.66. The van der Waals surface area contributed by atoms with Crippen LogP contribution in [0.15, 0.2) is 48.5 Å². The minimum atomic E-state index is -0.0663. The Morgan fingerprint density at radius 3 is 2.61 bits per heavy atom. The molecular weight excluding hydrogens is 372 g/mol. The van der Waals surface area contributed by atoms with Gasteiger partial charge in [-0.25, -0.2) is 0 Å². The number of para-hydroxylation sites is 1. The molecule has 0 saturated heterocycles.